The van der Waals surface area contributed by atoms with Gasteiger partial charge in [-0.1, -0.05) is 26.3 Å². The highest BCUT2D eigenvalue weighted by Crippen LogP contribution is 2.67. The number of hydrogen-bond acceptors (Lipinski definition) is 3. The maximum atomic E-state index is 13.5. The van der Waals surface area contributed by atoms with Crippen LogP contribution in [0.2, 0.25) is 0 Å². The van der Waals surface area contributed by atoms with E-state index in [0.29, 0.717) is 18.9 Å². The van der Waals surface area contributed by atoms with Crippen LogP contribution in [0.5, 0.6) is 0 Å². The van der Waals surface area contributed by atoms with Gasteiger partial charge < -0.3 is 10.0 Å². The minimum atomic E-state index is -0.618. The van der Waals surface area contributed by atoms with Crippen LogP contribution in [-0.2, 0) is 17.8 Å². The first kappa shape index (κ1) is 18.0. The molecule has 4 unspecified atom stereocenters. The third-order valence-corrected chi connectivity index (χ3v) is 7.40. The molecule has 0 radical (unpaired) electrons. The fourth-order valence-corrected chi connectivity index (χ4v) is 6.70. The van der Waals surface area contributed by atoms with Gasteiger partial charge in [-0.05, 0) is 67.9 Å². The fourth-order valence-electron chi connectivity index (χ4n) is 6.70. The van der Waals surface area contributed by atoms with Gasteiger partial charge in [0, 0.05) is 13.2 Å². The molecule has 0 aliphatic heterocycles. The zero-order valence-electron chi connectivity index (χ0n) is 16.4. The number of carbonyl (C=O) groups excluding carboxylic acids is 1. The first-order valence-electron chi connectivity index (χ1n) is 10.2. The van der Waals surface area contributed by atoms with Gasteiger partial charge in [0.05, 0.1) is 23.3 Å². The number of rotatable bonds is 5. The molecule has 1 aromatic heterocycles. The summed E-state index contributed by atoms with van der Waals surface area (Å²) < 4.78 is 0. The lowest BCUT2D eigenvalue weighted by Crippen LogP contribution is -2.63. The number of aromatic nitrogens is 1. The molecule has 5 rings (SSSR count). The van der Waals surface area contributed by atoms with E-state index in [4.69, 9.17) is 0 Å². The molecular formula is C22H32N2O2. The van der Waals surface area contributed by atoms with Crippen LogP contribution in [0.25, 0.3) is 0 Å². The van der Waals surface area contributed by atoms with E-state index in [1.165, 1.54) is 12.0 Å². The maximum Gasteiger partial charge on any atom is 0.229 e. The average Bonchev–Trinajstić information content (AvgIpc) is 2.59. The summed E-state index contributed by atoms with van der Waals surface area (Å²) in [7, 11) is 1.90. The van der Waals surface area contributed by atoms with Crippen molar-refractivity contribution < 1.29 is 9.90 Å². The molecule has 4 heteroatoms. The van der Waals surface area contributed by atoms with Gasteiger partial charge in [-0.2, -0.15) is 0 Å². The lowest BCUT2D eigenvalue weighted by molar-refractivity contribution is -0.209. The van der Waals surface area contributed by atoms with E-state index >= 15 is 0 Å². The summed E-state index contributed by atoms with van der Waals surface area (Å²) in [5, 5.41) is 11.2. The molecule has 4 saturated carbocycles. The van der Waals surface area contributed by atoms with Crippen LogP contribution in [0.1, 0.15) is 70.1 Å². The van der Waals surface area contributed by atoms with Crippen LogP contribution in [0.15, 0.2) is 18.3 Å². The van der Waals surface area contributed by atoms with Crippen molar-refractivity contribution in [1.29, 1.82) is 0 Å². The molecule has 0 aromatic carbocycles. The molecule has 1 aromatic rings. The van der Waals surface area contributed by atoms with Gasteiger partial charge in [-0.15, -0.1) is 0 Å². The van der Waals surface area contributed by atoms with Gasteiger partial charge >= 0.3 is 0 Å². The quantitative estimate of drug-likeness (QED) is 0.875. The summed E-state index contributed by atoms with van der Waals surface area (Å²) >= 11 is 0. The highest BCUT2D eigenvalue weighted by atomic mass is 16.3. The number of carbonyl (C=O) groups is 1. The molecule has 1 heterocycles. The van der Waals surface area contributed by atoms with E-state index in [1.54, 1.807) is 0 Å². The summed E-state index contributed by atoms with van der Waals surface area (Å²) in [5.74, 6) is 0.731. The SMILES string of the molecule is CCc1ccc(CN(C)C(=O)C23CC4CC(O)(CC(CC)(C4)C2)C3)nc1. The molecule has 4 aliphatic carbocycles. The normalized spacial score (nSPS) is 37.8. The summed E-state index contributed by atoms with van der Waals surface area (Å²) in [6, 6.07) is 4.13. The van der Waals surface area contributed by atoms with E-state index in [2.05, 4.69) is 24.9 Å². The highest BCUT2D eigenvalue weighted by molar-refractivity contribution is 5.83. The van der Waals surface area contributed by atoms with E-state index in [9.17, 15) is 9.90 Å². The summed E-state index contributed by atoms with van der Waals surface area (Å²) in [4.78, 5) is 19.9. The number of aliphatic hydroxyl groups is 1. The largest absolute Gasteiger partial charge is 0.390 e. The van der Waals surface area contributed by atoms with Gasteiger partial charge in [-0.25, -0.2) is 0 Å². The molecule has 4 aliphatic rings. The van der Waals surface area contributed by atoms with Gasteiger partial charge in [0.2, 0.25) is 5.91 Å². The second kappa shape index (κ2) is 6.05. The molecule has 4 bridgehead atoms. The van der Waals surface area contributed by atoms with Crippen molar-refractivity contribution >= 4 is 5.91 Å². The molecule has 1 N–H and O–H groups in total. The first-order chi connectivity index (χ1) is 12.3. The number of pyridine rings is 1. The standard InChI is InChI=1S/C22H32N2O2/c1-4-16-6-7-18(23-11-16)12-24(3)19(25)21-9-17-8-20(5-2,13-21)14-22(26,10-17)15-21/h6-7,11,17,26H,4-5,8-10,12-15H2,1-3H3. The second-order valence-corrected chi connectivity index (χ2v) is 9.54. The Balaban J connectivity index is 1.55. The minimum absolute atomic E-state index is 0.172. The van der Waals surface area contributed by atoms with Crippen LogP contribution in [0.3, 0.4) is 0 Å². The van der Waals surface area contributed by atoms with Gasteiger partial charge in [0.25, 0.3) is 0 Å². The molecule has 4 fully saturated rings. The number of amides is 1. The lowest BCUT2D eigenvalue weighted by Gasteiger charge is -2.64. The van der Waals surface area contributed by atoms with Crippen molar-refractivity contribution in [2.24, 2.45) is 16.7 Å². The monoisotopic (exact) mass is 356 g/mol. The number of aryl methyl sites for hydroxylation is 1. The summed E-state index contributed by atoms with van der Waals surface area (Å²) in [6.45, 7) is 4.90. The van der Waals surface area contributed by atoms with Gasteiger partial charge in [-0.3, -0.25) is 9.78 Å². The third kappa shape index (κ3) is 2.87. The van der Waals surface area contributed by atoms with Crippen molar-refractivity contribution in [1.82, 2.24) is 9.88 Å². The Kier molecular flexibility index (Phi) is 4.18. The topological polar surface area (TPSA) is 53.4 Å². The third-order valence-electron chi connectivity index (χ3n) is 7.40. The Hall–Kier alpha value is -1.42. The van der Waals surface area contributed by atoms with Crippen molar-refractivity contribution in [3.63, 3.8) is 0 Å². The van der Waals surface area contributed by atoms with Crippen molar-refractivity contribution in [2.45, 2.75) is 77.4 Å². The number of hydrogen-bond donors (Lipinski definition) is 1. The smallest absolute Gasteiger partial charge is 0.229 e. The first-order valence-corrected chi connectivity index (χ1v) is 10.2. The molecule has 4 nitrogen and oxygen atoms in total. The average molecular weight is 357 g/mol. The Morgan fingerprint density at radius 3 is 2.65 bits per heavy atom. The van der Waals surface area contributed by atoms with E-state index < -0.39 is 5.60 Å². The van der Waals surface area contributed by atoms with Crippen molar-refractivity contribution in [3.05, 3.63) is 29.6 Å². The van der Waals surface area contributed by atoms with Gasteiger partial charge in [0.1, 0.15) is 0 Å². The van der Waals surface area contributed by atoms with E-state index in [0.717, 1.165) is 44.2 Å². The van der Waals surface area contributed by atoms with E-state index in [-0.39, 0.29) is 16.7 Å². The minimum Gasteiger partial charge on any atom is -0.390 e. The predicted molar refractivity (Wildman–Crippen MR) is 101 cm³/mol. The van der Waals surface area contributed by atoms with Crippen molar-refractivity contribution in [2.75, 3.05) is 7.05 Å². The lowest BCUT2D eigenvalue weighted by atomic mass is 9.42. The molecule has 0 spiro atoms. The molecular weight excluding hydrogens is 324 g/mol. The zero-order chi connectivity index (χ0) is 18.6. The zero-order valence-corrected chi connectivity index (χ0v) is 16.4. The summed E-state index contributed by atoms with van der Waals surface area (Å²) in [6.07, 6.45) is 9.53. The Morgan fingerprint density at radius 2 is 2.04 bits per heavy atom. The van der Waals surface area contributed by atoms with Crippen LogP contribution < -0.4 is 0 Å². The van der Waals surface area contributed by atoms with Crippen LogP contribution in [-0.4, -0.2) is 33.5 Å². The Bertz CT molecular complexity index is 703. The van der Waals surface area contributed by atoms with Crippen LogP contribution in [0.4, 0.5) is 0 Å². The molecule has 1 amide bonds. The second-order valence-electron chi connectivity index (χ2n) is 9.54. The molecule has 4 atom stereocenters. The van der Waals surface area contributed by atoms with Gasteiger partial charge in [0.15, 0.2) is 0 Å². The summed E-state index contributed by atoms with van der Waals surface area (Å²) in [5.41, 5.74) is 1.35. The van der Waals surface area contributed by atoms with Crippen LogP contribution >= 0.6 is 0 Å². The fraction of sp³-hybridized carbons (Fsp3) is 0.727. The number of nitrogens with zero attached hydrogens (tertiary/aromatic N) is 2. The highest BCUT2D eigenvalue weighted by Gasteiger charge is 2.65. The molecule has 26 heavy (non-hydrogen) atoms. The maximum absolute atomic E-state index is 13.5. The predicted octanol–water partition coefficient (Wildman–Crippen LogP) is 3.71. The van der Waals surface area contributed by atoms with Crippen LogP contribution in [0, 0.1) is 16.7 Å². The van der Waals surface area contributed by atoms with Crippen molar-refractivity contribution in [3.8, 4) is 0 Å². The Morgan fingerprint density at radius 1 is 1.23 bits per heavy atom. The molecule has 142 valence electrons. The van der Waals surface area contributed by atoms with E-state index in [1.807, 2.05) is 24.2 Å². The Labute approximate surface area is 157 Å². The molecule has 0 saturated heterocycles.